The Balaban J connectivity index is 0. The standard InChI is InChI=1S/AsH3O4.Y/c2-1(3,4)5;/h(H3,2,3,4,5);. The second-order valence-electron chi connectivity index (χ2n) is 0.513. The summed E-state index contributed by atoms with van der Waals surface area (Å²) < 4.78 is 30.7. The van der Waals surface area contributed by atoms with Crippen molar-refractivity contribution in [2.75, 3.05) is 0 Å². The van der Waals surface area contributed by atoms with Gasteiger partial charge in [0.25, 0.3) is 0 Å². The first-order valence-corrected chi connectivity index (χ1v) is 4.07. The molecule has 35 valence electrons. The molecule has 0 aromatic heterocycles. The summed E-state index contributed by atoms with van der Waals surface area (Å²) in [6, 6.07) is 0. The van der Waals surface area contributed by atoms with Crippen molar-refractivity contribution in [3.63, 3.8) is 0 Å². The average Bonchev–Trinajstić information content (AvgIpc) is 0.722. The molecule has 0 unspecified atom stereocenters. The van der Waals surface area contributed by atoms with Crippen LogP contribution < -0.4 is 0 Å². The molecule has 6 heavy (non-hydrogen) atoms. The summed E-state index contributed by atoms with van der Waals surface area (Å²) in [4.78, 5) is 0. The fraction of sp³-hybridized carbons (Fsp3) is 0. The van der Waals surface area contributed by atoms with Crippen LogP contribution in [0, 0.1) is 0 Å². The molecular formula is H3AsO4Y. The van der Waals surface area contributed by atoms with Crippen molar-refractivity contribution in [3.05, 3.63) is 0 Å². The van der Waals surface area contributed by atoms with Crippen LogP contribution in [0.2, 0.25) is 0 Å². The average molecular weight is 231 g/mol. The van der Waals surface area contributed by atoms with Gasteiger partial charge in [-0.05, 0) is 0 Å². The number of hydrogen-bond donors (Lipinski definition) is 3. The molecule has 0 aliphatic rings. The monoisotopic (exact) mass is 231 g/mol. The van der Waals surface area contributed by atoms with Crippen molar-refractivity contribution < 1.29 is 48.7 Å². The molecule has 4 nitrogen and oxygen atoms in total. The van der Waals surface area contributed by atoms with E-state index >= 15 is 0 Å². The van der Waals surface area contributed by atoms with Crippen LogP contribution in [-0.4, -0.2) is 26.8 Å². The molecule has 0 bridgehead atoms. The maximum Gasteiger partial charge on any atom is 0 e. The van der Waals surface area contributed by atoms with Gasteiger partial charge in [-0.25, -0.2) is 0 Å². The largest absolute Gasteiger partial charge is 0 e. The second kappa shape index (κ2) is 3.36. The predicted molar refractivity (Wildman–Crippen MR) is 13.1 cm³/mol. The maximum atomic E-state index is 8.94. The van der Waals surface area contributed by atoms with Crippen LogP contribution in [0.15, 0.2) is 0 Å². The van der Waals surface area contributed by atoms with Gasteiger partial charge in [0.15, 0.2) is 0 Å². The van der Waals surface area contributed by atoms with E-state index in [9.17, 15) is 0 Å². The first-order valence-electron chi connectivity index (χ1n) is 0.783. The van der Waals surface area contributed by atoms with E-state index in [-0.39, 0.29) is 32.7 Å². The summed E-state index contributed by atoms with van der Waals surface area (Å²) in [5.41, 5.74) is 0. The van der Waals surface area contributed by atoms with Crippen molar-refractivity contribution in [2.24, 2.45) is 0 Å². The van der Waals surface area contributed by atoms with Gasteiger partial charge in [0, 0.05) is 32.7 Å². The zero-order valence-corrected chi connectivity index (χ0v) is 7.49. The Bertz CT molecular complexity index is 53.7. The molecule has 0 amide bonds. The molecule has 0 aromatic rings. The first-order chi connectivity index (χ1) is 2.00. The summed E-state index contributed by atoms with van der Waals surface area (Å²) in [6.07, 6.45) is 0. The van der Waals surface area contributed by atoms with Crippen LogP contribution in [-0.2, 0) is 36.4 Å². The molecule has 0 rings (SSSR count). The topological polar surface area (TPSA) is 77.8 Å². The molecule has 0 atom stereocenters. The van der Waals surface area contributed by atoms with E-state index < -0.39 is 14.5 Å². The fourth-order valence-electron chi connectivity index (χ4n) is 0. The molecule has 0 saturated carbocycles. The van der Waals surface area contributed by atoms with E-state index in [1.54, 1.807) is 0 Å². The van der Waals surface area contributed by atoms with Crippen LogP contribution >= 0.6 is 0 Å². The number of rotatable bonds is 0. The van der Waals surface area contributed by atoms with Crippen molar-refractivity contribution in [2.45, 2.75) is 0 Å². The SMILES string of the molecule is O=[As](O)(O)O.[Y]. The Morgan fingerprint density at radius 1 is 1.17 bits per heavy atom. The first kappa shape index (κ1) is 10.3. The van der Waals surface area contributed by atoms with Gasteiger partial charge in [-0.15, -0.1) is 0 Å². The van der Waals surface area contributed by atoms with Gasteiger partial charge in [0.2, 0.25) is 0 Å². The molecule has 0 aliphatic carbocycles. The minimum Gasteiger partial charge on any atom is 0 e. The maximum absolute atomic E-state index is 8.94. The van der Waals surface area contributed by atoms with Crippen LogP contribution in [0.5, 0.6) is 0 Å². The summed E-state index contributed by atoms with van der Waals surface area (Å²) >= 11 is -5.12. The van der Waals surface area contributed by atoms with Gasteiger partial charge in [-0.1, -0.05) is 0 Å². The predicted octanol–water partition coefficient (Wildman–Crippen LogP) is -2.17. The number of hydrogen-bond acceptors (Lipinski definition) is 1. The molecule has 3 N–H and O–H groups in total. The Morgan fingerprint density at radius 3 is 1.17 bits per heavy atom. The van der Waals surface area contributed by atoms with E-state index in [1.807, 2.05) is 0 Å². The van der Waals surface area contributed by atoms with Gasteiger partial charge in [-0.2, -0.15) is 0 Å². The zero-order valence-electron chi connectivity index (χ0n) is 2.77. The summed E-state index contributed by atoms with van der Waals surface area (Å²) in [7, 11) is 0. The van der Waals surface area contributed by atoms with Crippen molar-refractivity contribution in [3.8, 4) is 0 Å². The normalized spacial score (nSPS) is 9.83. The molecule has 0 aliphatic heterocycles. The van der Waals surface area contributed by atoms with E-state index in [4.69, 9.17) is 16.0 Å². The quantitative estimate of drug-likeness (QED) is 0.414. The van der Waals surface area contributed by atoms with E-state index in [0.29, 0.717) is 0 Å². The minimum atomic E-state index is -5.12. The zero-order chi connectivity index (χ0) is 4.50. The van der Waals surface area contributed by atoms with E-state index in [0.717, 1.165) is 0 Å². The molecule has 0 saturated heterocycles. The Morgan fingerprint density at radius 2 is 1.17 bits per heavy atom. The van der Waals surface area contributed by atoms with E-state index in [2.05, 4.69) is 0 Å². The smallest absolute Gasteiger partial charge is 0 e. The summed E-state index contributed by atoms with van der Waals surface area (Å²) in [5.74, 6) is 0. The van der Waals surface area contributed by atoms with Gasteiger partial charge < -0.3 is 0 Å². The van der Waals surface area contributed by atoms with E-state index in [1.165, 1.54) is 0 Å². The Hall–Kier alpha value is 1.34. The third-order valence-corrected chi connectivity index (χ3v) is 0. The summed E-state index contributed by atoms with van der Waals surface area (Å²) in [5, 5.41) is 0. The third kappa shape index (κ3) is 55.9. The van der Waals surface area contributed by atoms with Gasteiger partial charge in [-0.3, -0.25) is 0 Å². The molecule has 1 radical (unpaired) electrons. The summed E-state index contributed by atoms with van der Waals surface area (Å²) in [6.45, 7) is 0. The van der Waals surface area contributed by atoms with Crippen molar-refractivity contribution >= 4 is 14.5 Å². The van der Waals surface area contributed by atoms with Crippen molar-refractivity contribution in [1.29, 1.82) is 0 Å². The fourth-order valence-corrected chi connectivity index (χ4v) is 0. The minimum absolute atomic E-state index is 0. The van der Waals surface area contributed by atoms with Crippen LogP contribution in [0.1, 0.15) is 0 Å². The Kier molecular flexibility index (Phi) is 5.79. The molecule has 0 aromatic carbocycles. The Labute approximate surface area is 62.8 Å². The molecule has 6 heteroatoms. The van der Waals surface area contributed by atoms with Gasteiger partial charge >= 0.3 is 30.5 Å². The van der Waals surface area contributed by atoms with Crippen LogP contribution in [0.25, 0.3) is 0 Å². The van der Waals surface area contributed by atoms with Gasteiger partial charge in [0.05, 0.1) is 0 Å². The molecular weight excluding hydrogens is 228 g/mol. The van der Waals surface area contributed by atoms with Crippen molar-refractivity contribution in [1.82, 2.24) is 0 Å². The second-order valence-corrected chi connectivity index (χ2v) is 2.67. The van der Waals surface area contributed by atoms with Gasteiger partial charge in [0.1, 0.15) is 0 Å². The van der Waals surface area contributed by atoms with Crippen LogP contribution in [0.4, 0.5) is 0 Å². The van der Waals surface area contributed by atoms with Crippen LogP contribution in [0.3, 0.4) is 0 Å². The third-order valence-electron chi connectivity index (χ3n) is 0. The molecule has 0 spiro atoms. The molecule has 0 heterocycles. The molecule has 0 fully saturated rings.